The first-order valence-electron chi connectivity index (χ1n) is 6.02. The maximum atomic E-state index is 5.86. The van der Waals surface area contributed by atoms with Crippen LogP contribution in [0.15, 0.2) is 23.7 Å². The van der Waals surface area contributed by atoms with Gasteiger partial charge in [0.1, 0.15) is 17.4 Å². The molecule has 0 fully saturated rings. The molecule has 0 spiro atoms. The van der Waals surface area contributed by atoms with Crippen molar-refractivity contribution in [1.29, 1.82) is 0 Å². The van der Waals surface area contributed by atoms with Crippen LogP contribution in [0.2, 0.25) is 0 Å². The number of ether oxygens (including phenoxy) is 1. The Labute approximate surface area is 112 Å². The van der Waals surface area contributed by atoms with Crippen molar-refractivity contribution < 1.29 is 4.74 Å². The molecule has 1 heterocycles. The van der Waals surface area contributed by atoms with Gasteiger partial charge >= 0.3 is 0 Å². The van der Waals surface area contributed by atoms with Crippen LogP contribution in [0.1, 0.15) is 21.7 Å². The number of hydrogen-bond acceptors (Lipinski definition) is 4. The Hall–Kier alpha value is -1.39. The van der Waals surface area contributed by atoms with Gasteiger partial charge in [0, 0.05) is 11.6 Å². The molecular formula is C14H18N2OS. The summed E-state index contributed by atoms with van der Waals surface area (Å²) >= 11 is 1.61. The first-order chi connectivity index (χ1) is 8.70. The van der Waals surface area contributed by atoms with E-state index < -0.39 is 0 Å². The second kappa shape index (κ2) is 5.98. The minimum Gasteiger partial charge on any atom is -0.486 e. The monoisotopic (exact) mass is 262 g/mol. The average Bonchev–Trinajstić information content (AvgIpc) is 2.81. The second-order valence-electron chi connectivity index (χ2n) is 4.31. The Morgan fingerprint density at radius 3 is 2.56 bits per heavy atom. The topological polar surface area (TPSA) is 48.1 Å². The summed E-state index contributed by atoms with van der Waals surface area (Å²) in [5.41, 5.74) is 9.18. The van der Waals surface area contributed by atoms with E-state index in [0.29, 0.717) is 13.2 Å². The van der Waals surface area contributed by atoms with E-state index in [1.54, 1.807) is 17.5 Å². The van der Waals surface area contributed by atoms with Crippen molar-refractivity contribution in [2.24, 2.45) is 5.73 Å². The van der Waals surface area contributed by atoms with Crippen LogP contribution in [0.3, 0.4) is 0 Å². The van der Waals surface area contributed by atoms with E-state index in [4.69, 9.17) is 10.5 Å². The van der Waals surface area contributed by atoms with E-state index in [1.807, 2.05) is 5.38 Å². The first kappa shape index (κ1) is 13.1. The zero-order valence-electron chi connectivity index (χ0n) is 10.8. The first-order valence-corrected chi connectivity index (χ1v) is 6.90. The molecule has 0 saturated carbocycles. The van der Waals surface area contributed by atoms with E-state index in [1.165, 1.54) is 5.56 Å². The maximum Gasteiger partial charge on any atom is 0.140 e. The lowest BCUT2D eigenvalue weighted by Gasteiger charge is -2.13. The summed E-state index contributed by atoms with van der Waals surface area (Å²) in [6, 6.07) is 4.30. The molecule has 1 aromatic carbocycles. The van der Waals surface area contributed by atoms with Gasteiger partial charge in [-0.25, -0.2) is 4.98 Å². The van der Waals surface area contributed by atoms with Gasteiger partial charge in [-0.15, -0.1) is 11.3 Å². The zero-order chi connectivity index (χ0) is 13.0. The van der Waals surface area contributed by atoms with Crippen LogP contribution in [0.25, 0.3) is 0 Å². The van der Waals surface area contributed by atoms with E-state index in [0.717, 1.165) is 28.3 Å². The fourth-order valence-electron chi connectivity index (χ4n) is 2.04. The number of thiazole rings is 1. The van der Waals surface area contributed by atoms with Gasteiger partial charge in [-0.05, 0) is 43.5 Å². The third kappa shape index (κ3) is 3.09. The molecule has 0 unspecified atom stereocenters. The molecule has 0 aliphatic carbocycles. The summed E-state index contributed by atoms with van der Waals surface area (Å²) in [7, 11) is 0. The van der Waals surface area contributed by atoms with Gasteiger partial charge in [-0.2, -0.15) is 0 Å². The molecule has 2 N–H and O–H groups in total. The van der Waals surface area contributed by atoms with Crippen LogP contribution in [-0.4, -0.2) is 11.5 Å². The molecule has 1 aromatic heterocycles. The molecule has 0 aliphatic heterocycles. The number of aromatic nitrogens is 1. The van der Waals surface area contributed by atoms with Crippen molar-refractivity contribution >= 4 is 11.3 Å². The third-order valence-electron chi connectivity index (χ3n) is 2.78. The average molecular weight is 262 g/mol. The molecule has 3 nitrogen and oxygen atoms in total. The minimum absolute atomic E-state index is 0.537. The van der Waals surface area contributed by atoms with E-state index in [9.17, 15) is 0 Å². The highest BCUT2D eigenvalue weighted by Crippen LogP contribution is 2.26. The summed E-state index contributed by atoms with van der Waals surface area (Å²) in [6.45, 7) is 5.36. The van der Waals surface area contributed by atoms with Crippen molar-refractivity contribution in [3.8, 4) is 5.75 Å². The van der Waals surface area contributed by atoms with Crippen molar-refractivity contribution in [3.63, 3.8) is 0 Å². The van der Waals surface area contributed by atoms with Crippen LogP contribution in [0.5, 0.6) is 5.75 Å². The van der Waals surface area contributed by atoms with Gasteiger partial charge in [0.05, 0.1) is 0 Å². The molecule has 4 heteroatoms. The van der Waals surface area contributed by atoms with Crippen LogP contribution in [-0.2, 0) is 13.0 Å². The van der Waals surface area contributed by atoms with Gasteiger partial charge in [0.25, 0.3) is 0 Å². The van der Waals surface area contributed by atoms with Gasteiger partial charge in [0.2, 0.25) is 0 Å². The van der Waals surface area contributed by atoms with Gasteiger partial charge < -0.3 is 10.5 Å². The summed E-state index contributed by atoms with van der Waals surface area (Å²) in [4.78, 5) is 4.21. The maximum absolute atomic E-state index is 5.86. The summed E-state index contributed by atoms with van der Waals surface area (Å²) < 4.78 is 5.86. The number of benzene rings is 1. The molecule has 2 aromatic rings. The van der Waals surface area contributed by atoms with Crippen molar-refractivity contribution in [2.45, 2.75) is 26.9 Å². The van der Waals surface area contributed by atoms with E-state index in [-0.39, 0.29) is 0 Å². The molecule has 0 atom stereocenters. The fourth-order valence-corrected chi connectivity index (χ4v) is 2.56. The number of aryl methyl sites for hydroxylation is 2. The van der Waals surface area contributed by atoms with Crippen LogP contribution in [0.4, 0.5) is 0 Å². The number of hydrogen-bond donors (Lipinski definition) is 1. The van der Waals surface area contributed by atoms with Crippen LogP contribution < -0.4 is 10.5 Å². The molecule has 0 bridgehead atoms. The smallest absolute Gasteiger partial charge is 0.140 e. The van der Waals surface area contributed by atoms with Gasteiger partial charge in [-0.3, -0.25) is 0 Å². The fraction of sp³-hybridized carbons (Fsp3) is 0.357. The van der Waals surface area contributed by atoms with Crippen LogP contribution in [0, 0.1) is 13.8 Å². The summed E-state index contributed by atoms with van der Waals surface area (Å²) in [6.07, 6.45) is 2.71. The van der Waals surface area contributed by atoms with Gasteiger partial charge in [-0.1, -0.05) is 12.1 Å². The lowest BCUT2D eigenvalue weighted by atomic mass is 10.0. The van der Waals surface area contributed by atoms with Crippen molar-refractivity contribution in [2.75, 3.05) is 6.54 Å². The normalized spacial score (nSPS) is 10.6. The lowest BCUT2D eigenvalue weighted by molar-refractivity contribution is 0.301. The van der Waals surface area contributed by atoms with E-state index >= 15 is 0 Å². The Bertz CT molecular complexity index is 486. The standard InChI is InChI=1S/C14H18N2OS/c1-10-7-12(3-4-15)8-11(2)14(10)17-9-13-16-5-6-18-13/h5-8H,3-4,9,15H2,1-2H3. The van der Waals surface area contributed by atoms with Crippen molar-refractivity contribution in [3.05, 3.63) is 45.4 Å². The number of nitrogens with two attached hydrogens (primary N) is 1. The molecular weight excluding hydrogens is 244 g/mol. The highest BCUT2D eigenvalue weighted by Gasteiger charge is 2.07. The molecule has 0 aliphatic rings. The summed E-state index contributed by atoms with van der Waals surface area (Å²) in [5.74, 6) is 0.964. The second-order valence-corrected chi connectivity index (χ2v) is 5.29. The van der Waals surface area contributed by atoms with E-state index in [2.05, 4.69) is 31.0 Å². The Morgan fingerprint density at radius 1 is 1.28 bits per heavy atom. The van der Waals surface area contributed by atoms with Crippen molar-refractivity contribution in [1.82, 2.24) is 4.98 Å². The van der Waals surface area contributed by atoms with Crippen LogP contribution >= 0.6 is 11.3 Å². The quantitative estimate of drug-likeness (QED) is 0.901. The third-order valence-corrected chi connectivity index (χ3v) is 3.53. The lowest BCUT2D eigenvalue weighted by Crippen LogP contribution is -2.04. The zero-order valence-corrected chi connectivity index (χ0v) is 11.6. The largest absolute Gasteiger partial charge is 0.486 e. The summed E-state index contributed by atoms with van der Waals surface area (Å²) in [5, 5.41) is 2.96. The minimum atomic E-state index is 0.537. The highest BCUT2D eigenvalue weighted by atomic mass is 32.1. The molecule has 0 radical (unpaired) electrons. The Morgan fingerprint density at radius 2 is 2.00 bits per heavy atom. The molecule has 0 amide bonds. The molecule has 0 saturated heterocycles. The number of nitrogens with zero attached hydrogens (tertiary/aromatic N) is 1. The number of rotatable bonds is 5. The predicted molar refractivity (Wildman–Crippen MR) is 75.1 cm³/mol. The van der Waals surface area contributed by atoms with Gasteiger partial charge in [0.15, 0.2) is 0 Å². The molecule has 2 rings (SSSR count). The molecule has 18 heavy (non-hydrogen) atoms. The molecule has 96 valence electrons. The Kier molecular flexibility index (Phi) is 4.33. The Balaban J connectivity index is 2.12. The predicted octanol–water partition coefficient (Wildman–Crippen LogP) is 2.84. The SMILES string of the molecule is Cc1cc(CCN)cc(C)c1OCc1nccs1. The highest BCUT2D eigenvalue weighted by molar-refractivity contribution is 7.09.